The van der Waals surface area contributed by atoms with Crippen LogP contribution in [-0.2, 0) is 6.54 Å². The van der Waals surface area contributed by atoms with Gasteiger partial charge < -0.3 is 25.0 Å². The average Bonchev–Trinajstić information content (AvgIpc) is 2.68. The lowest BCUT2D eigenvalue weighted by Crippen LogP contribution is -2.41. The number of hydrogen-bond donors (Lipinski definition) is 2. The fraction of sp³-hybridized carbons (Fsp3) is 0.400. The predicted octanol–water partition coefficient (Wildman–Crippen LogP) is 2.29. The van der Waals surface area contributed by atoms with Crippen LogP contribution in [0.25, 0.3) is 0 Å². The van der Waals surface area contributed by atoms with E-state index in [4.69, 9.17) is 9.47 Å². The Kier molecular flexibility index (Phi) is 7.73. The van der Waals surface area contributed by atoms with E-state index in [0.717, 1.165) is 28.8 Å². The van der Waals surface area contributed by atoms with Crippen LogP contribution in [-0.4, -0.2) is 51.8 Å². The summed E-state index contributed by atoms with van der Waals surface area (Å²) in [4.78, 5) is 10.6. The molecule has 0 bridgehead atoms. The van der Waals surface area contributed by atoms with Gasteiger partial charge in [-0.25, -0.2) is 4.98 Å². The highest BCUT2D eigenvalue weighted by Crippen LogP contribution is 2.19. The second-order valence-corrected chi connectivity index (χ2v) is 6.33. The molecule has 0 amide bonds. The van der Waals surface area contributed by atoms with Crippen molar-refractivity contribution in [2.45, 2.75) is 19.6 Å². The predicted molar refractivity (Wildman–Crippen MR) is 110 cm³/mol. The fourth-order valence-corrected chi connectivity index (χ4v) is 2.41. The van der Waals surface area contributed by atoms with Gasteiger partial charge in [-0.15, -0.1) is 0 Å². The van der Waals surface area contributed by atoms with Gasteiger partial charge in [0.05, 0.1) is 13.7 Å². The maximum Gasteiger partial charge on any atom is 0.191 e. The minimum atomic E-state index is -0.0306. The third-order valence-corrected chi connectivity index (χ3v) is 3.89. The van der Waals surface area contributed by atoms with Crippen LogP contribution >= 0.6 is 0 Å². The molecule has 2 N–H and O–H groups in total. The highest BCUT2D eigenvalue weighted by atomic mass is 16.5. The van der Waals surface area contributed by atoms with E-state index in [1.807, 2.05) is 62.4 Å². The zero-order valence-corrected chi connectivity index (χ0v) is 16.7. The summed E-state index contributed by atoms with van der Waals surface area (Å²) in [5, 5.41) is 6.59. The Bertz CT molecular complexity index is 749. The van der Waals surface area contributed by atoms with Crippen molar-refractivity contribution in [3.63, 3.8) is 0 Å². The van der Waals surface area contributed by atoms with E-state index in [-0.39, 0.29) is 6.10 Å². The van der Waals surface area contributed by atoms with E-state index in [0.29, 0.717) is 13.1 Å². The van der Waals surface area contributed by atoms with E-state index < -0.39 is 0 Å². The lowest BCUT2D eigenvalue weighted by molar-refractivity contribution is 0.223. The first-order valence-electron chi connectivity index (χ1n) is 8.89. The summed E-state index contributed by atoms with van der Waals surface area (Å²) in [6, 6.07) is 11.6. The fourth-order valence-electron chi connectivity index (χ4n) is 2.41. The summed E-state index contributed by atoms with van der Waals surface area (Å²) in [6.45, 7) is 3.29. The molecule has 7 heteroatoms. The second kappa shape index (κ2) is 10.3. The van der Waals surface area contributed by atoms with Crippen LogP contribution in [0.5, 0.6) is 11.5 Å². The maximum absolute atomic E-state index is 5.92. The summed E-state index contributed by atoms with van der Waals surface area (Å²) in [5.74, 6) is 3.20. The van der Waals surface area contributed by atoms with Crippen LogP contribution in [0.2, 0.25) is 0 Å². The number of anilines is 1. The molecule has 0 radical (unpaired) electrons. The molecule has 1 atom stereocenters. The molecule has 0 aliphatic heterocycles. The number of nitrogens with zero attached hydrogens (tertiary/aromatic N) is 3. The van der Waals surface area contributed by atoms with Gasteiger partial charge in [0, 0.05) is 40.0 Å². The molecule has 7 nitrogen and oxygen atoms in total. The van der Waals surface area contributed by atoms with Crippen molar-refractivity contribution in [3.05, 3.63) is 48.2 Å². The van der Waals surface area contributed by atoms with E-state index in [2.05, 4.69) is 26.7 Å². The summed E-state index contributed by atoms with van der Waals surface area (Å²) in [5.41, 5.74) is 1.14. The molecule has 1 aromatic carbocycles. The number of rotatable bonds is 8. The Morgan fingerprint density at radius 2 is 1.96 bits per heavy atom. The summed E-state index contributed by atoms with van der Waals surface area (Å²) >= 11 is 0. The van der Waals surface area contributed by atoms with E-state index in [1.165, 1.54) is 0 Å². The Hall–Kier alpha value is -2.96. The minimum absolute atomic E-state index is 0.0306. The van der Waals surface area contributed by atoms with Crippen LogP contribution in [0.4, 0.5) is 5.82 Å². The monoisotopic (exact) mass is 371 g/mol. The van der Waals surface area contributed by atoms with Crippen molar-refractivity contribution in [1.29, 1.82) is 0 Å². The largest absolute Gasteiger partial charge is 0.497 e. The molecular formula is C20H29N5O2. The van der Waals surface area contributed by atoms with Crippen LogP contribution in [0.1, 0.15) is 12.5 Å². The lowest BCUT2D eigenvalue weighted by Gasteiger charge is -2.18. The van der Waals surface area contributed by atoms with Crippen molar-refractivity contribution in [2.24, 2.45) is 4.99 Å². The molecule has 0 aliphatic rings. The number of nitrogens with one attached hydrogen (secondary N) is 2. The first-order valence-corrected chi connectivity index (χ1v) is 8.89. The molecule has 2 rings (SSSR count). The average molecular weight is 371 g/mol. The molecule has 27 heavy (non-hydrogen) atoms. The van der Waals surface area contributed by atoms with E-state index in [9.17, 15) is 0 Å². The van der Waals surface area contributed by atoms with Crippen molar-refractivity contribution in [2.75, 3.05) is 39.7 Å². The number of pyridine rings is 1. The number of hydrogen-bond acceptors (Lipinski definition) is 5. The minimum Gasteiger partial charge on any atom is -0.497 e. The Labute approximate surface area is 161 Å². The van der Waals surface area contributed by atoms with Gasteiger partial charge in [-0.3, -0.25) is 4.99 Å². The van der Waals surface area contributed by atoms with Gasteiger partial charge in [0.2, 0.25) is 0 Å². The number of guanidine groups is 1. The van der Waals surface area contributed by atoms with Crippen LogP contribution < -0.4 is 25.0 Å². The number of aromatic nitrogens is 1. The summed E-state index contributed by atoms with van der Waals surface area (Å²) < 4.78 is 11.1. The molecule has 146 valence electrons. The summed E-state index contributed by atoms with van der Waals surface area (Å²) in [6.07, 6.45) is 1.78. The first-order chi connectivity index (χ1) is 13.0. The molecular weight excluding hydrogens is 342 g/mol. The van der Waals surface area contributed by atoms with Crippen LogP contribution in [0.3, 0.4) is 0 Å². The second-order valence-electron chi connectivity index (χ2n) is 6.33. The molecule has 0 saturated carbocycles. The van der Waals surface area contributed by atoms with E-state index in [1.54, 1.807) is 14.2 Å². The third-order valence-electron chi connectivity index (χ3n) is 3.89. The maximum atomic E-state index is 5.92. The van der Waals surface area contributed by atoms with Gasteiger partial charge in [0.1, 0.15) is 23.4 Å². The molecule has 1 heterocycles. The molecule has 1 aromatic heterocycles. The Morgan fingerprint density at radius 1 is 1.19 bits per heavy atom. The van der Waals surface area contributed by atoms with Gasteiger partial charge >= 0.3 is 0 Å². The van der Waals surface area contributed by atoms with Crippen molar-refractivity contribution >= 4 is 11.8 Å². The molecule has 2 aromatic rings. The number of benzene rings is 1. The SMILES string of the molecule is CN=C(NCc1ccnc(N(C)C)c1)NCC(C)Oc1cccc(OC)c1. The van der Waals surface area contributed by atoms with Gasteiger partial charge in [0.15, 0.2) is 5.96 Å². The Balaban J connectivity index is 1.81. The third kappa shape index (κ3) is 6.69. The van der Waals surface area contributed by atoms with E-state index >= 15 is 0 Å². The Morgan fingerprint density at radius 3 is 2.67 bits per heavy atom. The van der Waals surface area contributed by atoms with Crippen LogP contribution in [0, 0.1) is 0 Å². The van der Waals surface area contributed by atoms with Crippen molar-refractivity contribution < 1.29 is 9.47 Å². The topological polar surface area (TPSA) is 71.0 Å². The highest BCUT2D eigenvalue weighted by Gasteiger charge is 2.07. The van der Waals surface area contributed by atoms with Gasteiger partial charge in [-0.2, -0.15) is 0 Å². The van der Waals surface area contributed by atoms with Crippen molar-refractivity contribution in [1.82, 2.24) is 15.6 Å². The normalized spacial score (nSPS) is 12.3. The first kappa shape index (κ1) is 20.4. The molecule has 0 aliphatic carbocycles. The standard InChI is InChI=1S/C20H29N5O2/c1-15(27-18-8-6-7-17(12-18)26-5)13-23-20(21-2)24-14-16-9-10-22-19(11-16)25(3)4/h6-12,15H,13-14H2,1-5H3,(H2,21,23,24). The summed E-state index contributed by atoms with van der Waals surface area (Å²) in [7, 11) is 7.35. The van der Waals surface area contributed by atoms with Crippen LogP contribution in [0.15, 0.2) is 47.6 Å². The molecule has 1 unspecified atom stereocenters. The molecule has 0 spiro atoms. The zero-order chi connectivity index (χ0) is 19.6. The zero-order valence-electron chi connectivity index (χ0n) is 16.7. The molecule has 0 saturated heterocycles. The van der Waals surface area contributed by atoms with Gasteiger partial charge in [-0.05, 0) is 36.8 Å². The number of ether oxygens (including phenoxy) is 2. The number of aliphatic imine (C=N–C) groups is 1. The number of methoxy groups -OCH3 is 1. The lowest BCUT2D eigenvalue weighted by atomic mass is 10.2. The quantitative estimate of drug-likeness (QED) is 0.548. The van der Waals surface area contributed by atoms with Crippen molar-refractivity contribution in [3.8, 4) is 11.5 Å². The highest BCUT2D eigenvalue weighted by molar-refractivity contribution is 5.79. The van der Waals surface area contributed by atoms with Gasteiger partial charge in [0.25, 0.3) is 0 Å². The van der Waals surface area contributed by atoms with Gasteiger partial charge in [-0.1, -0.05) is 6.07 Å². The molecule has 0 fully saturated rings. The smallest absolute Gasteiger partial charge is 0.191 e.